The minimum Gasteiger partial charge on any atom is -0.477 e. The van der Waals surface area contributed by atoms with E-state index < -0.39 is 52.2 Å². The number of piperazine rings is 1. The van der Waals surface area contributed by atoms with Gasteiger partial charge in [0.15, 0.2) is 0 Å². The fourth-order valence-electron chi connectivity index (χ4n) is 6.37. The standard InChI is InChI=1S/C32H30FN5O9S2/c33-21-11-19-22(37(17-3-4-17)13-20(27(19)40)30(42)43)12-23(21)35-5-7-36(8-6-35)32(46)47-14-16-15-49-29-25(28(41)38(29)26(16)31(44)45)34-24(39)10-18-2-1-9-48-18/h1-2,9,11-13,17,25,29H,3-8,10,14-15H2,(H,34,39)(H,42,43)(H,44,45)/t25-,29-/m1/s1. The summed E-state index contributed by atoms with van der Waals surface area (Å²) in [5, 5.41) is 23.4. The second-order valence-corrected chi connectivity index (χ2v) is 14.3. The van der Waals surface area contributed by atoms with Crippen LogP contribution in [0.15, 0.2) is 51.9 Å². The van der Waals surface area contributed by atoms with Gasteiger partial charge >= 0.3 is 18.0 Å². The van der Waals surface area contributed by atoms with E-state index in [9.17, 15) is 39.0 Å². The Morgan fingerprint density at radius 3 is 2.45 bits per heavy atom. The Labute approximate surface area is 285 Å². The van der Waals surface area contributed by atoms with Gasteiger partial charge in [-0.3, -0.25) is 19.3 Å². The smallest absolute Gasteiger partial charge is 0.410 e. The quantitative estimate of drug-likeness (QED) is 0.278. The molecule has 256 valence electrons. The summed E-state index contributed by atoms with van der Waals surface area (Å²) >= 11 is 2.70. The molecule has 3 aliphatic heterocycles. The zero-order valence-corrected chi connectivity index (χ0v) is 27.4. The number of pyridine rings is 1. The number of hydrogen-bond acceptors (Lipinski definition) is 10. The SMILES string of the molecule is O=C(Cc1cccs1)N[C@@H]1C(=O)N2C(C(=O)O)=C(COC(=O)N3CCN(c4cc5c(cc4F)c(=O)c(C(=O)O)cn5C4CC4)CC3)CS[C@H]12. The van der Waals surface area contributed by atoms with Crippen LogP contribution in [0.5, 0.6) is 0 Å². The molecule has 2 atom stereocenters. The molecule has 3 amide bonds. The van der Waals surface area contributed by atoms with Crippen LogP contribution in [-0.2, 0) is 25.5 Å². The van der Waals surface area contributed by atoms with E-state index in [4.69, 9.17) is 4.74 Å². The van der Waals surface area contributed by atoms with E-state index in [-0.39, 0.29) is 79.3 Å². The number of thiophene rings is 1. The zero-order chi connectivity index (χ0) is 34.6. The minimum absolute atomic E-state index is 0.00755. The fourth-order valence-corrected chi connectivity index (χ4v) is 8.40. The summed E-state index contributed by atoms with van der Waals surface area (Å²) in [6.07, 6.45) is 2.37. The number of ether oxygens (including phenoxy) is 1. The van der Waals surface area contributed by atoms with Gasteiger partial charge in [-0.1, -0.05) is 6.07 Å². The summed E-state index contributed by atoms with van der Waals surface area (Å²) in [4.78, 5) is 80.2. The van der Waals surface area contributed by atoms with Crippen molar-refractivity contribution in [3.8, 4) is 0 Å². The maximum Gasteiger partial charge on any atom is 0.410 e. The summed E-state index contributed by atoms with van der Waals surface area (Å²) < 4.78 is 22.6. The van der Waals surface area contributed by atoms with Gasteiger partial charge in [0.1, 0.15) is 35.1 Å². The molecule has 3 aromatic rings. The van der Waals surface area contributed by atoms with Crippen LogP contribution in [0.2, 0.25) is 0 Å². The number of anilines is 1. The van der Waals surface area contributed by atoms with Crippen molar-refractivity contribution in [1.29, 1.82) is 0 Å². The number of fused-ring (bicyclic) bond motifs is 2. The summed E-state index contributed by atoms with van der Waals surface area (Å²) in [6, 6.07) is 5.43. The molecule has 14 nitrogen and oxygen atoms in total. The van der Waals surface area contributed by atoms with Gasteiger partial charge in [0.05, 0.1) is 17.6 Å². The highest BCUT2D eigenvalue weighted by Gasteiger charge is 2.54. The van der Waals surface area contributed by atoms with Crippen molar-refractivity contribution in [2.75, 3.05) is 43.4 Å². The van der Waals surface area contributed by atoms with Gasteiger partial charge in [-0.15, -0.1) is 23.1 Å². The number of aromatic nitrogens is 1. The lowest BCUT2D eigenvalue weighted by atomic mass is 10.0. The lowest BCUT2D eigenvalue weighted by Crippen LogP contribution is -2.70. The highest BCUT2D eigenvalue weighted by atomic mass is 32.2. The molecule has 49 heavy (non-hydrogen) atoms. The normalized spacial score (nSPS) is 20.6. The number of thioether (sulfide) groups is 1. The average molecular weight is 712 g/mol. The summed E-state index contributed by atoms with van der Waals surface area (Å²) in [5.41, 5.74) is -0.502. The average Bonchev–Trinajstić information content (AvgIpc) is 3.80. The van der Waals surface area contributed by atoms with E-state index in [0.29, 0.717) is 5.52 Å². The number of aliphatic carboxylic acids is 1. The van der Waals surface area contributed by atoms with Crippen molar-refractivity contribution in [2.24, 2.45) is 0 Å². The molecule has 3 fully saturated rings. The van der Waals surface area contributed by atoms with Crippen LogP contribution in [0.3, 0.4) is 0 Å². The highest BCUT2D eigenvalue weighted by Crippen LogP contribution is 2.41. The van der Waals surface area contributed by atoms with E-state index in [1.807, 2.05) is 17.5 Å². The number of aromatic carboxylic acids is 1. The number of nitrogens with one attached hydrogen (secondary N) is 1. The molecule has 2 saturated heterocycles. The first kappa shape index (κ1) is 32.6. The van der Waals surface area contributed by atoms with Crippen LogP contribution in [0.4, 0.5) is 14.9 Å². The largest absolute Gasteiger partial charge is 0.477 e. The lowest BCUT2D eigenvalue weighted by molar-refractivity contribution is -0.150. The first-order chi connectivity index (χ1) is 23.5. The number of carboxylic acids is 2. The first-order valence-corrected chi connectivity index (χ1v) is 17.4. The maximum atomic E-state index is 15.4. The van der Waals surface area contributed by atoms with Crippen LogP contribution >= 0.6 is 23.1 Å². The highest BCUT2D eigenvalue weighted by molar-refractivity contribution is 8.00. The molecule has 0 unspecified atom stereocenters. The Bertz CT molecular complexity index is 1990. The van der Waals surface area contributed by atoms with Gasteiger partial charge in [0.25, 0.3) is 5.91 Å². The zero-order valence-electron chi connectivity index (χ0n) is 25.8. The number of nitrogens with zero attached hydrogens (tertiary/aromatic N) is 4. The Balaban J connectivity index is 0.982. The summed E-state index contributed by atoms with van der Waals surface area (Å²) in [6.45, 7) is 0.462. The number of carbonyl (C=O) groups excluding carboxylic acids is 3. The molecule has 1 saturated carbocycles. The number of β-lactam (4-membered cyclic amide) rings is 1. The number of benzene rings is 1. The molecule has 0 radical (unpaired) electrons. The van der Waals surface area contributed by atoms with Crippen LogP contribution in [0.25, 0.3) is 10.9 Å². The van der Waals surface area contributed by atoms with E-state index in [0.717, 1.165) is 28.7 Å². The lowest BCUT2D eigenvalue weighted by Gasteiger charge is -2.49. The number of hydrogen-bond donors (Lipinski definition) is 3. The van der Waals surface area contributed by atoms with Gasteiger partial charge in [-0.05, 0) is 36.4 Å². The van der Waals surface area contributed by atoms with Gasteiger partial charge in [-0.25, -0.2) is 18.8 Å². The predicted molar refractivity (Wildman–Crippen MR) is 176 cm³/mol. The summed E-state index contributed by atoms with van der Waals surface area (Å²) in [5.74, 6) is -4.11. The second-order valence-electron chi connectivity index (χ2n) is 12.1. The van der Waals surface area contributed by atoms with Gasteiger partial charge < -0.3 is 34.6 Å². The van der Waals surface area contributed by atoms with Crippen molar-refractivity contribution >= 4 is 69.5 Å². The van der Waals surface area contributed by atoms with E-state index in [2.05, 4.69) is 5.32 Å². The Hall–Kier alpha value is -4.90. The number of amides is 3. The maximum absolute atomic E-state index is 15.4. The van der Waals surface area contributed by atoms with Crippen LogP contribution in [0, 0.1) is 5.82 Å². The van der Waals surface area contributed by atoms with E-state index in [1.54, 1.807) is 15.5 Å². The van der Waals surface area contributed by atoms with Crippen molar-refractivity contribution in [3.63, 3.8) is 0 Å². The first-order valence-electron chi connectivity index (χ1n) is 15.5. The molecule has 5 heterocycles. The Kier molecular flexibility index (Phi) is 8.56. The van der Waals surface area contributed by atoms with Crippen molar-refractivity contribution in [1.82, 2.24) is 19.7 Å². The second kappa shape index (κ2) is 12.9. The number of rotatable bonds is 9. The van der Waals surface area contributed by atoms with Crippen LogP contribution in [0.1, 0.15) is 34.1 Å². The number of carboxylic acid groups (broad SMARTS) is 2. The monoisotopic (exact) mass is 711 g/mol. The molecule has 17 heteroatoms. The van der Waals surface area contributed by atoms with Crippen molar-refractivity contribution in [2.45, 2.75) is 36.7 Å². The summed E-state index contributed by atoms with van der Waals surface area (Å²) in [7, 11) is 0. The molecular formula is C32H30FN5O9S2. The Morgan fingerprint density at radius 1 is 1.04 bits per heavy atom. The molecule has 0 spiro atoms. The van der Waals surface area contributed by atoms with Gasteiger partial charge in [0, 0.05) is 60.0 Å². The fraction of sp³-hybridized carbons (Fsp3) is 0.375. The van der Waals surface area contributed by atoms with Crippen molar-refractivity contribution in [3.05, 3.63) is 73.6 Å². The van der Waals surface area contributed by atoms with Gasteiger partial charge in [-0.2, -0.15) is 0 Å². The third-order valence-corrected chi connectivity index (χ3v) is 11.2. The third-order valence-electron chi connectivity index (χ3n) is 9.00. The third kappa shape index (κ3) is 6.12. The van der Waals surface area contributed by atoms with Crippen LogP contribution < -0.4 is 15.6 Å². The molecule has 3 N–H and O–H groups in total. The number of halogens is 1. The molecule has 1 aromatic carbocycles. The molecule has 4 aliphatic rings. The van der Waals surface area contributed by atoms with Gasteiger partial charge in [0.2, 0.25) is 11.3 Å². The molecule has 7 rings (SSSR count). The number of carbonyl (C=O) groups is 5. The Morgan fingerprint density at radius 2 is 1.80 bits per heavy atom. The predicted octanol–water partition coefficient (Wildman–Crippen LogP) is 2.48. The van der Waals surface area contributed by atoms with Crippen LogP contribution in [-0.4, -0.2) is 104 Å². The molecule has 2 aromatic heterocycles. The van der Waals surface area contributed by atoms with Crippen molar-refractivity contribution < 1.29 is 43.3 Å². The topological polar surface area (TPSA) is 179 Å². The van der Waals surface area contributed by atoms with E-state index >= 15 is 4.39 Å². The molecule has 1 aliphatic carbocycles. The molecular weight excluding hydrogens is 682 g/mol. The molecule has 0 bridgehead atoms. The minimum atomic E-state index is -1.37. The van der Waals surface area contributed by atoms with E-state index in [1.165, 1.54) is 34.2 Å².